The number of fused-ring (bicyclic) bond motifs is 1. The number of rotatable bonds is 3. The zero-order chi connectivity index (χ0) is 19.7. The van der Waals surface area contributed by atoms with Gasteiger partial charge in [-0.2, -0.15) is 9.61 Å². The highest BCUT2D eigenvalue weighted by Crippen LogP contribution is 2.22. The third kappa shape index (κ3) is 3.50. The van der Waals surface area contributed by atoms with Gasteiger partial charge >= 0.3 is 6.03 Å². The fourth-order valence-electron chi connectivity index (χ4n) is 2.68. The van der Waals surface area contributed by atoms with E-state index in [0.717, 1.165) is 17.7 Å². The summed E-state index contributed by atoms with van der Waals surface area (Å²) in [7, 11) is 0. The minimum absolute atomic E-state index is 0.120. The van der Waals surface area contributed by atoms with Gasteiger partial charge in [-0.3, -0.25) is 0 Å². The molecule has 0 aliphatic heterocycles. The Bertz CT molecular complexity index is 1190. The molecule has 9 heteroatoms. The van der Waals surface area contributed by atoms with E-state index in [0.29, 0.717) is 28.9 Å². The van der Waals surface area contributed by atoms with E-state index in [2.05, 4.69) is 25.9 Å². The zero-order valence-corrected chi connectivity index (χ0v) is 14.6. The van der Waals surface area contributed by atoms with Gasteiger partial charge in [-0.25, -0.2) is 13.6 Å². The van der Waals surface area contributed by atoms with Crippen molar-refractivity contribution in [2.75, 3.05) is 10.6 Å². The maximum Gasteiger partial charge on any atom is 0.323 e. The Morgan fingerprint density at radius 1 is 1.00 bits per heavy atom. The highest BCUT2D eigenvalue weighted by atomic mass is 19.1. The zero-order valence-electron chi connectivity index (χ0n) is 14.6. The van der Waals surface area contributed by atoms with E-state index in [4.69, 9.17) is 0 Å². The first kappa shape index (κ1) is 17.5. The quantitative estimate of drug-likeness (QED) is 0.562. The van der Waals surface area contributed by atoms with Gasteiger partial charge in [-0.05, 0) is 43.3 Å². The second-order valence-electron chi connectivity index (χ2n) is 6.02. The molecule has 0 saturated heterocycles. The van der Waals surface area contributed by atoms with Crippen molar-refractivity contribution in [1.29, 1.82) is 0 Å². The van der Waals surface area contributed by atoms with Crippen molar-refractivity contribution in [2.45, 2.75) is 6.92 Å². The van der Waals surface area contributed by atoms with Crippen LogP contribution < -0.4 is 10.6 Å². The van der Waals surface area contributed by atoms with Crippen molar-refractivity contribution in [3.05, 3.63) is 72.1 Å². The van der Waals surface area contributed by atoms with Crippen molar-refractivity contribution in [2.24, 2.45) is 0 Å². The molecule has 0 saturated carbocycles. The van der Waals surface area contributed by atoms with Gasteiger partial charge in [0.05, 0.1) is 11.4 Å². The van der Waals surface area contributed by atoms with Gasteiger partial charge in [0.2, 0.25) is 0 Å². The van der Waals surface area contributed by atoms with Crippen LogP contribution >= 0.6 is 0 Å². The van der Waals surface area contributed by atoms with E-state index in [-0.39, 0.29) is 5.69 Å². The molecule has 140 valence electrons. The average molecular weight is 380 g/mol. The summed E-state index contributed by atoms with van der Waals surface area (Å²) in [5.74, 6) is -0.915. The average Bonchev–Trinajstić information content (AvgIpc) is 3.05. The van der Waals surface area contributed by atoms with E-state index >= 15 is 0 Å². The number of anilines is 2. The number of amides is 2. The molecular weight excluding hydrogens is 366 g/mol. The van der Waals surface area contributed by atoms with Crippen LogP contribution in [0.25, 0.3) is 16.9 Å². The fraction of sp³-hybridized carbons (Fsp3) is 0.0526. The predicted molar refractivity (Wildman–Crippen MR) is 100.0 cm³/mol. The lowest BCUT2D eigenvalue weighted by Crippen LogP contribution is -2.20. The first-order valence-corrected chi connectivity index (χ1v) is 8.32. The Hall–Kier alpha value is -3.88. The molecule has 2 aromatic carbocycles. The van der Waals surface area contributed by atoms with Gasteiger partial charge in [-0.1, -0.05) is 12.1 Å². The molecule has 0 fully saturated rings. The van der Waals surface area contributed by atoms with Crippen LogP contribution in [0.1, 0.15) is 5.82 Å². The van der Waals surface area contributed by atoms with E-state index in [1.165, 1.54) is 0 Å². The second kappa shape index (κ2) is 7.03. The van der Waals surface area contributed by atoms with Crippen LogP contribution in [0.3, 0.4) is 0 Å². The Balaban J connectivity index is 1.54. The highest BCUT2D eigenvalue weighted by Gasteiger charge is 2.10. The molecule has 28 heavy (non-hydrogen) atoms. The number of aryl methyl sites for hydroxylation is 1. The molecule has 0 spiro atoms. The normalized spacial score (nSPS) is 10.8. The number of aromatic nitrogens is 4. The van der Waals surface area contributed by atoms with Gasteiger partial charge in [0.25, 0.3) is 0 Å². The van der Waals surface area contributed by atoms with Crippen LogP contribution in [0.4, 0.5) is 25.0 Å². The number of hydrogen-bond donors (Lipinski definition) is 2. The third-order valence-corrected chi connectivity index (χ3v) is 4.01. The molecule has 4 rings (SSSR count). The molecule has 0 aliphatic carbocycles. The van der Waals surface area contributed by atoms with Crippen molar-refractivity contribution < 1.29 is 13.6 Å². The van der Waals surface area contributed by atoms with Crippen LogP contribution in [0.5, 0.6) is 0 Å². The number of urea groups is 1. The van der Waals surface area contributed by atoms with Gasteiger partial charge in [0, 0.05) is 17.3 Å². The van der Waals surface area contributed by atoms with E-state index in [1.54, 1.807) is 41.8 Å². The number of nitrogens with zero attached hydrogens (tertiary/aromatic N) is 4. The van der Waals surface area contributed by atoms with Crippen molar-refractivity contribution >= 4 is 23.1 Å². The monoisotopic (exact) mass is 380 g/mol. The number of nitrogens with one attached hydrogen (secondary N) is 2. The maximum absolute atomic E-state index is 13.7. The predicted octanol–water partition coefficient (Wildman–Crippen LogP) is 4.02. The number of hydrogen-bond acceptors (Lipinski definition) is 4. The Morgan fingerprint density at radius 2 is 1.86 bits per heavy atom. The highest BCUT2D eigenvalue weighted by molar-refractivity contribution is 6.00. The smallest absolute Gasteiger partial charge is 0.308 e. The minimum Gasteiger partial charge on any atom is -0.308 e. The molecule has 2 aromatic heterocycles. The van der Waals surface area contributed by atoms with Gasteiger partial charge in [0.1, 0.15) is 11.6 Å². The Kier molecular flexibility index (Phi) is 4.40. The number of halogens is 2. The number of carbonyl (C=O) groups excluding carboxylic acids is 1. The molecule has 0 aliphatic rings. The van der Waals surface area contributed by atoms with Crippen LogP contribution in [0, 0.1) is 18.6 Å². The number of benzene rings is 2. The molecule has 2 N–H and O–H groups in total. The molecule has 7 nitrogen and oxygen atoms in total. The van der Waals surface area contributed by atoms with Gasteiger partial charge in [-0.15, -0.1) is 10.2 Å². The Morgan fingerprint density at radius 3 is 2.68 bits per heavy atom. The maximum atomic E-state index is 13.7. The lowest BCUT2D eigenvalue weighted by molar-refractivity contribution is 0.262. The lowest BCUT2D eigenvalue weighted by atomic mass is 10.1. The summed E-state index contributed by atoms with van der Waals surface area (Å²) in [5, 5.41) is 17.4. The summed E-state index contributed by atoms with van der Waals surface area (Å²) < 4.78 is 28.2. The fourth-order valence-corrected chi connectivity index (χ4v) is 2.68. The Labute approximate surface area is 158 Å². The van der Waals surface area contributed by atoms with Crippen molar-refractivity contribution in [1.82, 2.24) is 19.8 Å². The molecule has 4 aromatic rings. The van der Waals surface area contributed by atoms with Gasteiger partial charge < -0.3 is 10.6 Å². The molecule has 2 heterocycles. The summed E-state index contributed by atoms with van der Waals surface area (Å²) in [6, 6.07) is 12.9. The number of carbonyl (C=O) groups is 1. The van der Waals surface area contributed by atoms with Gasteiger partial charge in [0.15, 0.2) is 11.5 Å². The molecule has 0 atom stereocenters. The largest absolute Gasteiger partial charge is 0.323 e. The lowest BCUT2D eigenvalue weighted by Gasteiger charge is -2.10. The van der Waals surface area contributed by atoms with Crippen molar-refractivity contribution in [3.63, 3.8) is 0 Å². The summed E-state index contributed by atoms with van der Waals surface area (Å²) in [6.45, 7) is 1.80. The third-order valence-electron chi connectivity index (χ3n) is 4.01. The minimum atomic E-state index is -0.856. The van der Waals surface area contributed by atoms with Crippen LogP contribution in [0.2, 0.25) is 0 Å². The van der Waals surface area contributed by atoms with Crippen LogP contribution in [0.15, 0.2) is 54.6 Å². The molecular formula is C19H14F2N6O. The SMILES string of the molecule is Cc1nnc2ccc(-c3cccc(NC(=O)Nc4ccc(F)cc4F)c3)nn12. The van der Waals surface area contributed by atoms with Crippen LogP contribution in [-0.2, 0) is 0 Å². The van der Waals surface area contributed by atoms with Crippen molar-refractivity contribution in [3.8, 4) is 11.3 Å². The summed E-state index contributed by atoms with van der Waals surface area (Å²) in [5.41, 5.74) is 2.44. The summed E-state index contributed by atoms with van der Waals surface area (Å²) >= 11 is 0. The first-order chi connectivity index (χ1) is 13.5. The topological polar surface area (TPSA) is 84.2 Å². The first-order valence-electron chi connectivity index (χ1n) is 8.32. The van der Waals surface area contributed by atoms with E-state index in [1.807, 2.05) is 6.07 Å². The molecule has 0 bridgehead atoms. The summed E-state index contributed by atoms with van der Waals surface area (Å²) in [6.07, 6.45) is 0. The van der Waals surface area contributed by atoms with E-state index in [9.17, 15) is 13.6 Å². The molecule has 0 unspecified atom stereocenters. The molecule has 2 amide bonds. The second-order valence-corrected chi connectivity index (χ2v) is 6.02. The van der Waals surface area contributed by atoms with E-state index < -0.39 is 17.7 Å². The van der Waals surface area contributed by atoms with Crippen LogP contribution in [-0.4, -0.2) is 25.8 Å². The molecule has 0 radical (unpaired) electrons. The summed E-state index contributed by atoms with van der Waals surface area (Å²) in [4.78, 5) is 12.1. The standard InChI is InChI=1S/C19H14F2N6O/c1-11-24-25-18-8-7-16(26-27(11)18)12-3-2-4-14(9-12)22-19(28)23-17-6-5-13(20)10-15(17)21/h2-10H,1H3,(H2,22,23,28).